The fourth-order valence-electron chi connectivity index (χ4n) is 2.99. The zero-order chi connectivity index (χ0) is 21.1. The maximum absolute atomic E-state index is 12.8. The first kappa shape index (κ1) is 19.3. The topological polar surface area (TPSA) is 113 Å². The van der Waals surface area contributed by atoms with Gasteiger partial charge in [-0.3, -0.25) is 0 Å². The Labute approximate surface area is 171 Å². The maximum atomic E-state index is 12.8. The van der Waals surface area contributed by atoms with Gasteiger partial charge in [0.15, 0.2) is 22.7 Å². The van der Waals surface area contributed by atoms with Crippen LogP contribution in [0.1, 0.15) is 10.4 Å². The first-order chi connectivity index (χ1) is 14.6. The summed E-state index contributed by atoms with van der Waals surface area (Å²) in [6.45, 7) is 0. The Morgan fingerprint density at radius 1 is 0.967 bits per heavy atom. The molecule has 0 saturated carbocycles. The van der Waals surface area contributed by atoms with E-state index in [2.05, 4.69) is 15.0 Å². The van der Waals surface area contributed by atoms with Crippen molar-refractivity contribution in [2.24, 2.45) is 0 Å². The van der Waals surface area contributed by atoms with Crippen molar-refractivity contribution in [1.29, 1.82) is 0 Å². The smallest absolute Gasteiger partial charge is 0.349 e. The Morgan fingerprint density at radius 3 is 2.40 bits per heavy atom. The second-order valence-electron chi connectivity index (χ2n) is 6.24. The van der Waals surface area contributed by atoms with E-state index in [0.29, 0.717) is 51.3 Å². The number of fused-ring (bicyclic) bond motifs is 1. The van der Waals surface area contributed by atoms with Gasteiger partial charge < -0.3 is 18.6 Å². The standard InChI is InChI=1S/C21H18N4O5/c1-27-15-9-13(10-16(28-2)18(15)29-3)20(26)24-17-11-12(6-8-22-17)21-25-19-14(30-21)5-4-7-23-19/h4-11H,1-3H3,(H,22,24,26)/p+1. The third-order valence-electron chi connectivity index (χ3n) is 4.42. The first-order valence-electron chi connectivity index (χ1n) is 9.00. The number of hydrogen-bond donors (Lipinski definition) is 1. The number of quaternary nitrogens is 1. The van der Waals surface area contributed by atoms with E-state index >= 15 is 0 Å². The fraction of sp³-hybridized carbons (Fsp3) is 0.143. The van der Waals surface area contributed by atoms with E-state index in [1.54, 1.807) is 48.8 Å². The van der Waals surface area contributed by atoms with Crippen LogP contribution in [0.2, 0.25) is 0 Å². The minimum Gasteiger partial charge on any atom is -0.493 e. The number of amides is 1. The minimum atomic E-state index is -0.266. The lowest BCUT2D eigenvalue weighted by Crippen LogP contribution is -2.82. The molecule has 0 atom stereocenters. The summed E-state index contributed by atoms with van der Waals surface area (Å²) in [5.74, 6) is 1.81. The van der Waals surface area contributed by atoms with Crippen LogP contribution in [0.3, 0.4) is 0 Å². The van der Waals surface area contributed by atoms with Gasteiger partial charge in [0.1, 0.15) is 0 Å². The molecule has 30 heavy (non-hydrogen) atoms. The predicted molar refractivity (Wildman–Crippen MR) is 107 cm³/mol. The molecule has 1 aromatic carbocycles. The average molecular weight is 407 g/mol. The molecule has 0 spiro atoms. The highest BCUT2D eigenvalue weighted by molar-refractivity contribution is 5.89. The lowest BCUT2D eigenvalue weighted by atomic mass is 10.1. The van der Waals surface area contributed by atoms with Crippen molar-refractivity contribution < 1.29 is 28.7 Å². The molecule has 3 aromatic heterocycles. The van der Waals surface area contributed by atoms with Crippen LogP contribution >= 0.6 is 0 Å². The molecule has 0 aliphatic rings. The molecule has 3 heterocycles. The van der Waals surface area contributed by atoms with Gasteiger partial charge in [-0.1, -0.05) is 0 Å². The summed E-state index contributed by atoms with van der Waals surface area (Å²) in [5.41, 5.74) is 2.17. The van der Waals surface area contributed by atoms with Gasteiger partial charge in [0, 0.05) is 36.2 Å². The van der Waals surface area contributed by atoms with Gasteiger partial charge in [-0.15, -0.1) is 0 Å². The van der Waals surface area contributed by atoms with E-state index in [9.17, 15) is 4.79 Å². The maximum Gasteiger partial charge on any atom is 0.349 e. The summed E-state index contributed by atoms with van der Waals surface area (Å²) in [7, 11) is 4.50. The summed E-state index contributed by atoms with van der Waals surface area (Å²) < 4.78 is 21.7. The van der Waals surface area contributed by atoms with Crippen molar-refractivity contribution in [2.75, 3.05) is 21.3 Å². The second kappa shape index (κ2) is 8.18. The van der Waals surface area contributed by atoms with Gasteiger partial charge in [-0.05, 0) is 18.2 Å². The lowest BCUT2D eigenvalue weighted by Gasteiger charge is -2.12. The SMILES string of the molecule is COc1cc(C(=O)[NH2+]c2cc(-c3nc4ncccc4o3)ccn2)cc(OC)c1OC. The molecule has 0 fully saturated rings. The number of oxazole rings is 1. The molecule has 9 heteroatoms. The lowest BCUT2D eigenvalue weighted by molar-refractivity contribution is -0.468. The number of nitrogens with two attached hydrogens (primary N) is 1. The molecule has 0 saturated heterocycles. The number of carbonyl (C=O) groups excluding carboxylic acids is 1. The molecular weight excluding hydrogens is 388 g/mol. The number of pyridine rings is 2. The van der Waals surface area contributed by atoms with E-state index in [0.717, 1.165) is 0 Å². The van der Waals surface area contributed by atoms with Crippen LogP contribution in [-0.2, 0) is 0 Å². The van der Waals surface area contributed by atoms with Gasteiger partial charge in [0.25, 0.3) is 0 Å². The zero-order valence-electron chi connectivity index (χ0n) is 16.6. The molecule has 4 rings (SSSR count). The van der Waals surface area contributed by atoms with Crippen molar-refractivity contribution in [1.82, 2.24) is 15.0 Å². The molecule has 4 aromatic rings. The quantitative estimate of drug-likeness (QED) is 0.518. The van der Waals surface area contributed by atoms with Crippen LogP contribution in [0.25, 0.3) is 22.7 Å². The van der Waals surface area contributed by atoms with Gasteiger partial charge in [-0.2, -0.15) is 4.98 Å². The fourth-order valence-corrected chi connectivity index (χ4v) is 2.99. The second-order valence-corrected chi connectivity index (χ2v) is 6.24. The average Bonchev–Trinajstić information content (AvgIpc) is 3.22. The van der Waals surface area contributed by atoms with E-state index in [-0.39, 0.29) is 5.91 Å². The monoisotopic (exact) mass is 407 g/mol. The van der Waals surface area contributed by atoms with E-state index in [1.165, 1.54) is 26.6 Å². The number of aromatic nitrogens is 3. The van der Waals surface area contributed by atoms with Crippen LogP contribution < -0.4 is 19.5 Å². The summed E-state index contributed by atoms with van der Waals surface area (Å²) in [6, 6.07) is 10.2. The highest BCUT2D eigenvalue weighted by Crippen LogP contribution is 2.38. The number of benzene rings is 1. The van der Waals surface area contributed by atoms with Crippen LogP contribution in [0.5, 0.6) is 17.2 Å². The molecule has 0 radical (unpaired) electrons. The molecule has 0 aliphatic carbocycles. The summed E-state index contributed by atoms with van der Waals surface area (Å²) >= 11 is 0. The molecule has 9 nitrogen and oxygen atoms in total. The number of primary amides is 1. The molecule has 0 aliphatic heterocycles. The molecule has 0 unspecified atom stereocenters. The van der Waals surface area contributed by atoms with Gasteiger partial charge >= 0.3 is 5.91 Å². The number of rotatable bonds is 6. The molecule has 2 N–H and O–H groups in total. The first-order valence-corrected chi connectivity index (χ1v) is 9.00. The van der Waals surface area contributed by atoms with Crippen LogP contribution in [0.15, 0.2) is 53.2 Å². The van der Waals surface area contributed by atoms with Gasteiger partial charge in [0.2, 0.25) is 17.5 Å². The Hall–Kier alpha value is -3.98. The molecular formula is C21H19N4O5+. The van der Waals surface area contributed by atoms with Crippen molar-refractivity contribution in [2.45, 2.75) is 0 Å². The Bertz CT molecular complexity index is 1160. The normalized spacial score (nSPS) is 10.8. The Kier molecular flexibility index (Phi) is 5.27. The molecule has 1 amide bonds. The van der Waals surface area contributed by atoms with Crippen LogP contribution in [0, 0.1) is 0 Å². The number of hydrogen-bond acceptors (Lipinski definition) is 8. The van der Waals surface area contributed by atoms with Crippen molar-refractivity contribution >= 4 is 23.0 Å². The van der Waals surface area contributed by atoms with Gasteiger partial charge in [0.05, 0.1) is 26.9 Å². The van der Waals surface area contributed by atoms with Gasteiger partial charge in [-0.25, -0.2) is 20.1 Å². The van der Waals surface area contributed by atoms with Crippen LogP contribution in [0.4, 0.5) is 5.82 Å². The van der Waals surface area contributed by atoms with E-state index in [4.69, 9.17) is 18.6 Å². The number of carbonyl (C=O) groups is 1. The number of nitrogens with zero attached hydrogens (tertiary/aromatic N) is 3. The predicted octanol–water partition coefficient (Wildman–Crippen LogP) is 2.35. The summed E-state index contributed by atoms with van der Waals surface area (Å²) in [4.78, 5) is 25.6. The largest absolute Gasteiger partial charge is 0.493 e. The molecule has 0 bridgehead atoms. The number of ether oxygens (including phenoxy) is 3. The Balaban J connectivity index is 1.62. The minimum absolute atomic E-state index is 0.266. The van der Waals surface area contributed by atoms with Crippen LogP contribution in [-0.4, -0.2) is 42.2 Å². The van der Waals surface area contributed by atoms with Crippen molar-refractivity contribution in [3.05, 3.63) is 54.4 Å². The zero-order valence-corrected chi connectivity index (χ0v) is 16.6. The molecule has 152 valence electrons. The third kappa shape index (κ3) is 3.65. The Morgan fingerprint density at radius 2 is 1.73 bits per heavy atom. The summed E-state index contributed by atoms with van der Waals surface area (Å²) in [5, 5.41) is 1.42. The van der Waals surface area contributed by atoms with Crippen molar-refractivity contribution in [3.8, 4) is 28.7 Å². The highest BCUT2D eigenvalue weighted by Gasteiger charge is 2.21. The van der Waals surface area contributed by atoms with E-state index in [1.807, 2.05) is 0 Å². The third-order valence-corrected chi connectivity index (χ3v) is 4.42. The highest BCUT2D eigenvalue weighted by atomic mass is 16.5. The summed E-state index contributed by atoms with van der Waals surface area (Å²) in [6.07, 6.45) is 3.24. The number of methoxy groups -OCH3 is 3. The van der Waals surface area contributed by atoms with E-state index < -0.39 is 0 Å². The van der Waals surface area contributed by atoms with Crippen molar-refractivity contribution in [3.63, 3.8) is 0 Å².